The van der Waals surface area contributed by atoms with E-state index >= 15 is 0 Å². The van der Waals surface area contributed by atoms with E-state index in [1.165, 1.54) is 0 Å². The minimum atomic E-state index is -3.91. The molecule has 1 aliphatic rings. The van der Waals surface area contributed by atoms with E-state index in [4.69, 9.17) is 9.84 Å². The van der Waals surface area contributed by atoms with Crippen LogP contribution in [-0.4, -0.2) is 37.8 Å². The van der Waals surface area contributed by atoms with Crippen molar-refractivity contribution in [3.63, 3.8) is 0 Å². The summed E-state index contributed by atoms with van der Waals surface area (Å²) < 4.78 is 27.6. The Labute approximate surface area is 80.8 Å². The summed E-state index contributed by atoms with van der Waals surface area (Å²) in [6, 6.07) is 0. The SMILES string of the molecule is CCOCC1=CN=C(C(=O)O)S1(=O)=O. The summed E-state index contributed by atoms with van der Waals surface area (Å²) in [7, 11) is -3.91. The lowest BCUT2D eigenvalue weighted by Gasteiger charge is -2.01. The summed E-state index contributed by atoms with van der Waals surface area (Å²) in [5.41, 5.74) is 0. The molecule has 0 amide bonds. The number of sulfone groups is 1. The third-order valence-corrected chi connectivity index (χ3v) is 3.26. The van der Waals surface area contributed by atoms with Gasteiger partial charge in [0.2, 0.25) is 14.9 Å². The van der Waals surface area contributed by atoms with Gasteiger partial charge >= 0.3 is 5.97 Å². The van der Waals surface area contributed by atoms with Gasteiger partial charge in [-0.1, -0.05) is 0 Å². The minimum absolute atomic E-state index is 0.114. The molecule has 0 aliphatic carbocycles. The molecule has 6 nitrogen and oxygen atoms in total. The molecular weight excluding hydrogens is 210 g/mol. The number of carbonyl (C=O) groups is 1. The summed E-state index contributed by atoms with van der Waals surface area (Å²) in [5, 5.41) is 7.67. The normalized spacial score (nSPS) is 18.9. The number of aliphatic carboxylic acids is 1. The van der Waals surface area contributed by atoms with E-state index < -0.39 is 20.9 Å². The molecule has 0 saturated carbocycles. The van der Waals surface area contributed by atoms with Gasteiger partial charge in [0.25, 0.3) is 0 Å². The van der Waals surface area contributed by atoms with Crippen LogP contribution in [0.1, 0.15) is 6.92 Å². The Kier molecular flexibility index (Phi) is 3.02. The maximum Gasteiger partial charge on any atom is 0.366 e. The smallest absolute Gasteiger partial charge is 0.366 e. The lowest BCUT2D eigenvalue weighted by atomic mass is 10.6. The third kappa shape index (κ3) is 1.83. The summed E-state index contributed by atoms with van der Waals surface area (Å²) in [4.78, 5) is 13.6. The van der Waals surface area contributed by atoms with Crippen LogP contribution in [0.25, 0.3) is 0 Å². The Morgan fingerprint density at radius 3 is 2.71 bits per heavy atom. The average molecular weight is 219 g/mol. The van der Waals surface area contributed by atoms with E-state index in [0.29, 0.717) is 6.61 Å². The third-order valence-electron chi connectivity index (χ3n) is 1.56. The van der Waals surface area contributed by atoms with Crippen molar-refractivity contribution in [3.8, 4) is 0 Å². The van der Waals surface area contributed by atoms with Crippen molar-refractivity contribution in [2.75, 3.05) is 13.2 Å². The van der Waals surface area contributed by atoms with Gasteiger partial charge in [0.15, 0.2) is 0 Å². The van der Waals surface area contributed by atoms with Gasteiger partial charge in [0, 0.05) is 12.8 Å². The second-order valence-corrected chi connectivity index (χ2v) is 4.39. The van der Waals surface area contributed by atoms with Crippen LogP contribution in [0, 0.1) is 0 Å². The van der Waals surface area contributed by atoms with Gasteiger partial charge in [-0.3, -0.25) is 0 Å². The van der Waals surface area contributed by atoms with Gasteiger partial charge in [0.1, 0.15) is 0 Å². The van der Waals surface area contributed by atoms with Crippen molar-refractivity contribution in [2.45, 2.75) is 6.92 Å². The standard InChI is InChI=1S/C7H9NO5S/c1-2-13-4-5-3-8-6(7(9)10)14(5,11)12/h3H,2,4H2,1H3,(H,9,10). The summed E-state index contributed by atoms with van der Waals surface area (Å²) >= 11 is 0. The van der Waals surface area contributed by atoms with Crippen LogP contribution in [0.15, 0.2) is 16.1 Å². The molecule has 1 N–H and O–H groups in total. The maximum atomic E-state index is 11.4. The first-order valence-electron chi connectivity index (χ1n) is 3.83. The number of carboxylic acids is 1. The quantitative estimate of drug-likeness (QED) is 0.705. The molecule has 0 bridgehead atoms. The molecule has 0 fully saturated rings. The number of ether oxygens (including phenoxy) is 1. The number of rotatable bonds is 4. The second kappa shape index (κ2) is 3.89. The van der Waals surface area contributed by atoms with E-state index in [-0.39, 0.29) is 11.5 Å². The van der Waals surface area contributed by atoms with E-state index in [1.54, 1.807) is 6.92 Å². The summed E-state index contributed by atoms with van der Waals surface area (Å²) in [6.45, 7) is 1.93. The number of hydrogen-bond acceptors (Lipinski definition) is 5. The average Bonchev–Trinajstić information content (AvgIpc) is 2.37. The minimum Gasteiger partial charge on any atom is -0.476 e. The molecule has 0 aromatic heterocycles. The van der Waals surface area contributed by atoms with Crippen molar-refractivity contribution in [2.24, 2.45) is 4.99 Å². The lowest BCUT2D eigenvalue weighted by molar-refractivity contribution is -0.129. The van der Waals surface area contributed by atoms with Gasteiger partial charge in [-0.05, 0) is 6.92 Å². The van der Waals surface area contributed by atoms with Gasteiger partial charge in [-0.15, -0.1) is 0 Å². The number of aliphatic imine (C=N–C) groups is 1. The molecule has 14 heavy (non-hydrogen) atoms. The largest absolute Gasteiger partial charge is 0.476 e. The Morgan fingerprint density at radius 1 is 1.64 bits per heavy atom. The van der Waals surface area contributed by atoms with Crippen molar-refractivity contribution in [1.82, 2.24) is 0 Å². The molecule has 0 spiro atoms. The highest BCUT2D eigenvalue weighted by Gasteiger charge is 2.34. The molecule has 0 unspecified atom stereocenters. The highest BCUT2D eigenvalue weighted by atomic mass is 32.2. The molecule has 0 saturated heterocycles. The van der Waals surface area contributed by atoms with Gasteiger partial charge in [-0.25, -0.2) is 18.2 Å². The Hall–Kier alpha value is -1.21. The number of nitrogens with zero attached hydrogens (tertiary/aromatic N) is 1. The molecule has 0 aromatic rings. The zero-order valence-corrected chi connectivity index (χ0v) is 8.24. The van der Waals surface area contributed by atoms with Crippen LogP contribution in [0.3, 0.4) is 0 Å². The molecule has 1 heterocycles. The molecule has 0 atom stereocenters. The molecule has 1 aliphatic heterocycles. The van der Waals surface area contributed by atoms with E-state index in [9.17, 15) is 13.2 Å². The zero-order valence-electron chi connectivity index (χ0n) is 7.43. The Bertz CT molecular complexity index is 406. The number of carboxylic acid groups (broad SMARTS) is 1. The molecule has 0 aromatic carbocycles. The van der Waals surface area contributed by atoms with Crippen LogP contribution >= 0.6 is 0 Å². The van der Waals surface area contributed by atoms with Crippen LogP contribution in [0.2, 0.25) is 0 Å². The van der Waals surface area contributed by atoms with Crippen molar-refractivity contribution in [3.05, 3.63) is 11.1 Å². The highest BCUT2D eigenvalue weighted by molar-refractivity contribution is 8.11. The fourth-order valence-corrected chi connectivity index (χ4v) is 1.98. The summed E-state index contributed by atoms with van der Waals surface area (Å²) in [5.74, 6) is -1.55. The Morgan fingerprint density at radius 2 is 2.29 bits per heavy atom. The van der Waals surface area contributed by atoms with Gasteiger partial charge in [0.05, 0.1) is 11.5 Å². The van der Waals surface area contributed by atoms with Crippen LogP contribution in [0.5, 0.6) is 0 Å². The van der Waals surface area contributed by atoms with E-state index in [2.05, 4.69) is 4.99 Å². The molecular formula is C7H9NO5S. The van der Waals surface area contributed by atoms with Crippen molar-refractivity contribution >= 4 is 20.9 Å². The van der Waals surface area contributed by atoms with Crippen LogP contribution in [0.4, 0.5) is 0 Å². The molecule has 78 valence electrons. The predicted octanol–water partition coefficient (Wildman–Crippen LogP) is -0.224. The maximum absolute atomic E-state index is 11.4. The Balaban J connectivity index is 2.86. The fourth-order valence-electron chi connectivity index (χ4n) is 0.881. The topological polar surface area (TPSA) is 93.0 Å². The molecule has 7 heteroatoms. The molecule has 1 rings (SSSR count). The van der Waals surface area contributed by atoms with Crippen LogP contribution in [-0.2, 0) is 19.4 Å². The highest BCUT2D eigenvalue weighted by Crippen LogP contribution is 2.17. The zero-order chi connectivity index (χ0) is 10.8. The first-order valence-corrected chi connectivity index (χ1v) is 5.31. The first kappa shape index (κ1) is 10.9. The fraction of sp³-hybridized carbons (Fsp3) is 0.429. The van der Waals surface area contributed by atoms with Crippen molar-refractivity contribution in [1.29, 1.82) is 0 Å². The summed E-state index contributed by atoms with van der Waals surface area (Å²) in [6.07, 6.45) is 1.01. The monoisotopic (exact) mass is 219 g/mol. The lowest BCUT2D eigenvalue weighted by Crippen LogP contribution is -2.23. The van der Waals surface area contributed by atoms with Gasteiger partial charge in [-0.2, -0.15) is 0 Å². The van der Waals surface area contributed by atoms with E-state index in [0.717, 1.165) is 6.20 Å². The first-order chi connectivity index (χ1) is 6.50. The van der Waals surface area contributed by atoms with Crippen LogP contribution < -0.4 is 0 Å². The number of hydrogen-bond donors (Lipinski definition) is 1. The second-order valence-electron chi connectivity index (χ2n) is 2.48. The molecule has 0 radical (unpaired) electrons. The predicted molar refractivity (Wildman–Crippen MR) is 48.6 cm³/mol. The van der Waals surface area contributed by atoms with E-state index in [1.807, 2.05) is 0 Å². The van der Waals surface area contributed by atoms with Crippen molar-refractivity contribution < 1.29 is 23.1 Å². The van der Waals surface area contributed by atoms with Gasteiger partial charge < -0.3 is 9.84 Å².